The van der Waals surface area contributed by atoms with Gasteiger partial charge in [0.1, 0.15) is 11.8 Å². The second-order valence-electron chi connectivity index (χ2n) is 3.95. The molecule has 100 valence electrons. The number of aromatic nitrogens is 3. The molecule has 8 heteroatoms. The number of carbonyl (C=O) groups is 1. The first-order valence-electron chi connectivity index (χ1n) is 5.39. The second kappa shape index (κ2) is 4.84. The van der Waals surface area contributed by atoms with Crippen molar-refractivity contribution >= 4 is 5.97 Å². The third-order valence-corrected chi connectivity index (χ3v) is 2.68. The van der Waals surface area contributed by atoms with Crippen LogP contribution in [0.3, 0.4) is 0 Å². The lowest BCUT2D eigenvalue weighted by atomic mass is 10.1. The van der Waals surface area contributed by atoms with Gasteiger partial charge in [0.15, 0.2) is 0 Å². The average Bonchev–Trinajstić information content (AvgIpc) is 2.68. The van der Waals surface area contributed by atoms with E-state index in [0.29, 0.717) is 10.1 Å². The first-order chi connectivity index (χ1) is 8.99. The Morgan fingerprint density at radius 3 is 2.16 bits per heavy atom. The number of phenolic OH excluding ortho intramolecular Hbond substituents is 1. The van der Waals surface area contributed by atoms with Gasteiger partial charge in [0.05, 0.1) is 0 Å². The zero-order valence-electron chi connectivity index (χ0n) is 9.66. The number of carboxylic acid groups (broad SMARTS) is 1. The summed E-state index contributed by atoms with van der Waals surface area (Å²) >= 11 is 0. The summed E-state index contributed by atoms with van der Waals surface area (Å²) < 4.78 is 0.606. The molecule has 1 aromatic heterocycles. The highest BCUT2D eigenvalue weighted by Crippen LogP contribution is 2.15. The predicted molar refractivity (Wildman–Crippen MR) is 64.2 cm³/mol. The van der Waals surface area contributed by atoms with Crippen LogP contribution in [0.1, 0.15) is 11.6 Å². The van der Waals surface area contributed by atoms with Crippen molar-refractivity contribution in [1.29, 1.82) is 0 Å². The zero-order chi connectivity index (χ0) is 14.0. The van der Waals surface area contributed by atoms with Gasteiger partial charge in [-0.1, -0.05) is 12.1 Å². The summed E-state index contributed by atoms with van der Waals surface area (Å²) in [6.07, 6.45) is -0.0452. The zero-order valence-corrected chi connectivity index (χ0v) is 9.66. The highest BCUT2D eigenvalue weighted by atomic mass is 16.4. The average molecular weight is 265 g/mol. The first-order valence-corrected chi connectivity index (χ1v) is 5.39. The Kier molecular flexibility index (Phi) is 3.23. The van der Waals surface area contributed by atoms with Crippen molar-refractivity contribution in [2.45, 2.75) is 12.5 Å². The summed E-state index contributed by atoms with van der Waals surface area (Å²) in [7, 11) is 0. The maximum absolute atomic E-state index is 11.4. The molecule has 1 unspecified atom stereocenters. The smallest absolute Gasteiger partial charge is 0.345 e. The fourth-order valence-electron chi connectivity index (χ4n) is 1.75. The molecule has 0 saturated carbocycles. The van der Waals surface area contributed by atoms with Gasteiger partial charge in [0.25, 0.3) is 0 Å². The molecule has 0 spiro atoms. The van der Waals surface area contributed by atoms with E-state index in [1.54, 1.807) is 0 Å². The Labute approximate surface area is 105 Å². The number of rotatable bonds is 4. The van der Waals surface area contributed by atoms with Crippen molar-refractivity contribution in [3.8, 4) is 5.75 Å². The highest BCUT2D eigenvalue weighted by molar-refractivity contribution is 5.72. The van der Waals surface area contributed by atoms with Crippen molar-refractivity contribution in [2.75, 3.05) is 0 Å². The molecule has 0 saturated heterocycles. The maximum atomic E-state index is 11.4. The molecule has 8 nitrogen and oxygen atoms in total. The summed E-state index contributed by atoms with van der Waals surface area (Å²) in [6, 6.07) is 4.54. The summed E-state index contributed by atoms with van der Waals surface area (Å²) in [5.41, 5.74) is -1.04. The minimum atomic E-state index is -1.31. The standard InChI is InChI=1S/C11H11N3O5/c15-7-3-1-6(2-4-7)5-8(9(16)17)14-10(18)12-13-11(14)19/h1-4,8,15H,5H2,(H,12,18)(H,13,19)(H,16,17). The molecule has 2 aromatic rings. The number of hydrogen-bond acceptors (Lipinski definition) is 4. The Hall–Kier alpha value is -2.77. The number of aliphatic carboxylic acids is 1. The van der Waals surface area contributed by atoms with Crippen LogP contribution in [0.2, 0.25) is 0 Å². The molecule has 4 N–H and O–H groups in total. The largest absolute Gasteiger partial charge is 0.508 e. The Balaban J connectivity index is 2.37. The van der Waals surface area contributed by atoms with Crippen molar-refractivity contribution in [3.05, 3.63) is 50.8 Å². The van der Waals surface area contributed by atoms with Crippen LogP contribution in [0.4, 0.5) is 0 Å². The first kappa shape index (κ1) is 12.7. The van der Waals surface area contributed by atoms with Crippen LogP contribution in [0.15, 0.2) is 33.9 Å². The monoisotopic (exact) mass is 265 g/mol. The van der Waals surface area contributed by atoms with E-state index in [0.717, 1.165) is 0 Å². The third-order valence-electron chi connectivity index (χ3n) is 2.68. The van der Waals surface area contributed by atoms with Crippen LogP contribution in [0.5, 0.6) is 5.75 Å². The van der Waals surface area contributed by atoms with Crippen molar-refractivity contribution < 1.29 is 15.0 Å². The van der Waals surface area contributed by atoms with Crippen molar-refractivity contribution in [2.24, 2.45) is 0 Å². The molecule has 19 heavy (non-hydrogen) atoms. The predicted octanol–water partition coefficient (Wildman–Crippen LogP) is -0.561. The van der Waals surface area contributed by atoms with Crippen LogP contribution in [-0.2, 0) is 11.2 Å². The van der Waals surface area contributed by atoms with Gasteiger partial charge in [0.2, 0.25) is 0 Å². The van der Waals surface area contributed by atoms with Crippen LogP contribution < -0.4 is 11.4 Å². The molecule has 0 aliphatic rings. The lowest BCUT2D eigenvalue weighted by molar-refractivity contribution is -0.141. The van der Waals surface area contributed by atoms with Crippen LogP contribution in [0.25, 0.3) is 0 Å². The second-order valence-corrected chi connectivity index (χ2v) is 3.95. The molecular weight excluding hydrogens is 254 g/mol. The minimum absolute atomic E-state index is 0.0452. The normalized spacial score (nSPS) is 12.2. The molecule has 2 rings (SSSR count). The van der Waals surface area contributed by atoms with E-state index in [2.05, 4.69) is 0 Å². The Morgan fingerprint density at radius 1 is 1.16 bits per heavy atom. The van der Waals surface area contributed by atoms with Crippen LogP contribution in [-0.4, -0.2) is 30.9 Å². The van der Waals surface area contributed by atoms with E-state index in [1.807, 2.05) is 10.2 Å². The maximum Gasteiger partial charge on any atom is 0.345 e. The van der Waals surface area contributed by atoms with Gasteiger partial charge in [-0.25, -0.2) is 29.1 Å². The van der Waals surface area contributed by atoms with Crippen LogP contribution >= 0.6 is 0 Å². The number of phenols is 1. The lowest BCUT2D eigenvalue weighted by Gasteiger charge is -2.11. The number of hydrogen-bond donors (Lipinski definition) is 4. The molecule has 1 aromatic carbocycles. The van der Waals surface area contributed by atoms with Gasteiger partial charge < -0.3 is 10.2 Å². The fourth-order valence-corrected chi connectivity index (χ4v) is 1.75. The number of aromatic amines is 2. The van der Waals surface area contributed by atoms with Gasteiger partial charge in [-0.15, -0.1) is 0 Å². The van der Waals surface area contributed by atoms with E-state index in [4.69, 9.17) is 10.2 Å². The number of benzene rings is 1. The SMILES string of the molecule is O=C(O)C(Cc1ccc(O)cc1)n1c(=O)[nH][nH]c1=O. The summed E-state index contributed by atoms with van der Waals surface area (Å²) in [4.78, 5) is 34.0. The molecular formula is C11H11N3O5. The van der Waals surface area contributed by atoms with E-state index in [-0.39, 0.29) is 12.2 Å². The summed E-state index contributed by atoms with van der Waals surface area (Å²) in [6.45, 7) is 0. The molecule has 0 radical (unpaired) electrons. The minimum Gasteiger partial charge on any atom is -0.508 e. The molecule has 1 heterocycles. The highest BCUT2D eigenvalue weighted by Gasteiger charge is 2.24. The summed E-state index contributed by atoms with van der Waals surface area (Å²) in [5.74, 6) is -1.24. The lowest BCUT2D eigenvalue weighted by Crippen LogP contribution is -2.36. The molecule has 1 atom stereocenters. The third kappa shape index (κ3) is 2.57. The number of nitrogens with zero attached hydrogens (tertiary/aromatic N) is 1. The molecule has 0 aliphatic carbocycles. The molecule has 0 aliphatic heterocycles. The number of carboxylic acids is 1. The summed E-state index contributed by atoms with van der Waals surface area (Å²) in [5, 5.41) is 22.3. The molecule has 0 amide bonds. The fraction of sp³-hybridized carbons (Fsp3) is 0.182. The number of nitrogens with one attached hydrogen (secondary N) is 2. The van der Waals surface area contributed by atoms with E-state index >= 15 is 0 Å². The van der Waals surface area contributed by atoms with Crippen molar-refractivity contribution in [1.82, 2.24) is 14.8 Å². The molecule has 0 fully saturated rings. The van der Waals surface area contributed by atoms with Gasteiger partial charge in [-0.05, 0) is 17.7 Å². The Bertz CT molecular complexity index is 667. The van der Waals surface area contributed by atoms with Gasteiger partial charge >= 0.3 is 17.3 Å². The van der Waals surface area contributed by atoms with Gasteiger partial charge in [-0.2, -0.15) is 0 Å². The van der Waals surface area contributed by atoms with Gasteiger partial charge in [0, 0.05) is 6.42 Å². The van der Waals surface area contributed by atoms with E-state index in [1.165, 1.54) is 24.3 Å². The quantitative estimate of drug-likeness (QED) is 0.589. The van der Waals surface area contributed by atoms with Crippen LogP contribution in [0, 0.1) is 0 Å². The number of H-pyrrole nitrogens is 2. The van der Waals surface area contributed by atoms with E-state index < -0.39 is 23.4 Å². The number of aromatic hydroxyl groups is 1. The van der Waals surface area contributed by atoms with E-state index in [9.17, 15) is 14.4 Å². The Morgan fingerprint density at radius 2 is 1.68 bits per heavy atom. The topological polar surface area (TPSA) is 128 Å². The van der Waals surface area contributed by atoms with Crippen molar-refractivity contribution in [3.63, 3.8) is 0 Å². The molecule has 0 bridgehead atoms. The van der Waals surface area contributed by atoms with Gasteiger partial charge in [-0.3, -0.25) is 0 Å².